The average Bonchev–Trinajstić information content (AvgIpc) is 2.56. The van der Waals surface area contributed by atoms with Gasteiger partial charge in [-0.2, -0.15) is 0 Å². The lowest BCUT2D eigenvalue weighted by molar-refractivity contribution is 0.146. The van der Waals surface area contributed by atoms with E-state index in [0.29, 0.717) is 24.9 Å². The first-order chi connectivity index (χ1) is 11.0. The fraction of sp³-hybridized carbons (Fsp3) is 0.625. The van der Waals surface area contributed by atoms with E-state index in [1.54, 1.807) is 31.4 Å². The van der Waals surface area contributed by atoms with Crippen LogP contribution in [0.3, 0.4) is 0 Å². The zero-order chi connectivity index (χ0) is 16.7. The van der Waals surface area contributed by atoms with Crippen LogP contribution in [-0.2, 0) is 14.8 Å². The molecule has 0 spiro atoms. The lowest BCUT2D eigenvalue weighted by Gasteiger charge is -2.28. The van der Waals surface area contributed by atoms with Crippen LogP contribution < -0.4 is 14.8 Å². The van der Waals surface area contributed by atoms with Crippen LogP contribution in [0.15, 0.2) is 29.2 Å². The number of sulfonamides is 1. The van der Waals surface area contributed by atoms with Crippen molar-refractivity contribution in [3.8, 4) is 5.75 Å². The summed E-state index contributed by atoms with van der Waals surface area (Å²) in [5.41, 5.74) is 0. The molecule has 1 saturated heterocycles. The minimum absolute atomic E-state index is 0. The molecule has 2 unspecified atom stereocenters. The molecule has 2 atom stereocenters. The number of ether oxygens (including phenoxy) is 2. The SMILES string of the molecule is COCCOc1ccc(S(=O)(=O)NC(C)C2CCCNC2)cc1.Cl. The molecule has 1 aliphatic heterocycles. The third-order valence-electron chi connectivity index (χ3n) is 4.07. The number of methoxy groups -OCH3 is 1. The maximum absolute atomic E-state index is 12.5. The van der Waals surface area contributed by atoms with Crippen molar-refractivity contribution in [2.24, 2.45) is 5.92 Å². The Bertz CT molecular complexity index is 574. The number of piperidine rings is 1. The Morgan fingerprint density at radius 1 is 1.29 bits per heavy atom. The minimum atomic E-state index is -3.51. The van der Waals surface area contributed by atoms with Crippen LogP contribution in [0.25, 0.3) is 0 Å². The van der Waals surface area contributed by atoms with Crippen molar-refractivity contribution in [2.75, 3.05) is 33.4 Å². The van der Waals surface area contributed by atoms with Gasteiger partial charge in [0.2, 0.25) is 10.0 Å². The lowest BCUT2D eigenvalue weighted by atomic mass is 9.94. The molecule has 8 heteroatoms. The highest BCUT2D eigenvalue weighted by molar-refractivity contribution is 7.89. The Kier molecular flexibility index (Phi) is 9.01. The largest absolute Gasteiger partial charge is 0.491 e. The standard InChI is InChI=1S/C16H26N2O4S.ClH/c1-13(14-4-3-9-17-12-14)18-23(19,20)16-7-5-15(6-8-16)22-11-10-21-2;/h5-8,13-14,17-18H,3-4,9-12H2,1-2H3;1H. The van der Waals surface area contributed by atoms with Gasteiger partial charge < -0.3 is 14.8 Å². The van der Waals surface area contributed by atoms with Gasteiger partial charge in [0.1, 0.15) is 12.4 Å². The fourth-order valence-electron chi connectivity index (χ4n) is 2.67. The fourth-order valence-corrected chi connectivity index (χ4v) is 3.98. The van der Waals surface area contributed by atoms with Crippen molar-refractivity contribution < 1.29 is 17.9 Å². The highest BCUT2D eigenvalue weighted by atomic mass is 35.5. The molecule has 1 fully saturated rings. The molecule has 0 bridgehead atoms. The van der Waals surface area contributed by atoms with Crippen LogP contribution in [0, 0.1) is 5.92 Å². The maximum atomic E-state index is 12.5. The molecule has 0 aromatic heterocycles. The molecule has 6 nitrogen and oxygen atoms in total. The molecule has 1 heterocycles. The molecule has 138 valence electrons. The van der Waals surface area contributed by atoms with E-state index in [1.807, 2.05) is 6.92 Å². The molecule has 0 saturated carbocycles. The first kappa shape index (κ1) is 21.2. The van der Waals surface area contributed by atoms with Gasteiger partial charge in [0.25, 0.3) is 0 Å². The zero-order valence-electron chi connectivity index (χ0n) is 14.2. The number of hydrogen-bond acceptors (Lipinski definition) is 5. The number of benzene rings is 1. The van der Waals surface area contributed by atoms with Crippen molar-refractivity contribution in [3.05, 3.63) is 24.3 Å². The molecule has 2 N–H and O–H groups in total. The summed E-state index contributed by atoms with van der Waals surface area (Å²) in [7, 11) is -1.90. The molecule has 0 radical (unpaired) electrons. The van der Waals surface area contributed by atoms with Crippen LogP contribution in [0.4, 0.5) is 0 Å². The maximum Gasteiger partial charge on any atom is 0.240 e. The van der Waals surface area contributed by atoms with Crippen molar-refractivity contribution in [2.45, 2.75) is 30.7 Å². The Balaban J connectivity index is 0.00000288. The van der Waals surface area contributed by atoms with Gasteiger partial charge in [0, 0.05) is 13.2 Å². The van der Waals surface area contributed by atoms with Gasteiger partial charge in [-0.05, 0) is 63.0 Å². The monoisotopic (exact) mass is 378 g/mol. The summed E-state index contributed by atoms with van der Waals surface area (Å²) in [5.74, 6) is 0.959. The Labute approximate surface area is 150 Å². The predicted molar refractivity (Wildman–Crippen MR) is 96.4 cm³/mol. The molecular formula is C16H27ClN2O4S. The van der Waals surface area contributed by atoms with Gasteiger partial charge in [-0.3, -0.25) is 0 Å². The summed E-state index contributed by atoms with van der Waals surface area (Å²) in [6.45, 7) is 4.73. The molecule has 0 aliphatic carbocycles. The van der Waals surface area contributed by atoms with Crippen molar-refractivity contribution in [1.82, 2.24) is 10.0 Å². The summed E-state index contributed by atoms with van der Waals surface area (Å²) >= 11 is 0. The van der Waals surface area contributed by atoms with Gasteiger partial charge in [-0.15, -0.1) is 12.4 Å². The van der Waals surface area contributed by atoms with E-state index in [0.717, 1.165) is 25.9 Å². The highest BCUT2D eigenvalue weighted by Gasteiger charge is 2.25. The van der Waals surface area contributed by atoms with Gasteiger partial charge in [0.15, 0.2) is 0 Å². The van der Waals surface area contributed by atoms with Crippen LogP contribution in [0.1, 0.15) is 19.8 Å². The summed E-state index contributed by atoms with van der Waals surface area (Å²) in [6.07, 6.45) is 2.13. The van der Waals surface area contributed by atoms with Crippen LogP contribution in [-0.4, -0.2) is 47.9 Å². The number of halogens is 1. The molecule has 2 rings (SSSR count). The number of hydrogen-bond donors (Lipinski definition) is 2. The third kappa shape index (κ3) is 6.22. The number of rotatable bonds is 8. The number of nitrogens with one attached hydrogen (secondary N) is 2. The average molecular weight is 379 g/mol. The van der Waals surface area contributed by atoms with Gasteiger partial charge in [-0.1, -0.05) is 0 Å². The van der Waals surface area contributed by atoms with Gasteiger partial charge in [0.05, 0.1) is 11.5 Å². The first-order valence-electron chi connectivity index (χ1n) is 7.98. The van der Waals surface area contributed by atoms with Crippen molar-refractivity contribution in [3.63, 3.8) is 0 Å². The Morgan fingerprint density at radius 2 is 2.00 bits per heavy atom. The smallest absolute Gasteiger partial charge is 0.240 e. The second-order valence-electron chi connectivity index (χ2n) is 5.83. The van der Waals surface area contributed by atoms with E-state index in [2.05, 4.69) is 10.0 Å². The topological polar surface area (TPSA) is 76.7 Å². The molecule has 1 aromatic carbocycles. The first-order valence-corrected chi connectivity index (χ1v) is 9.46. The highest BCUT2D eigenvalue weighted by Crippen LogP contribution is 2.19. The Morgan fingerprint density at radius 3 is 2.58 bits per heavy atom. The lowest BCUT2D eigenvalue weighted by Crippen LogP contribution is -2.44. The van der Waals surface area contributed by atoms with E-state index in [-0.39, 0.29) is 23.3 Å². The molecule has 1 aromatic rings. The summed E-state index contributed by atoms with van der Waals surface area (Å²) in [5, 5.41) is 3.31. The quantitative estimate of drug-likeness (QED) is 0.674. The zero-order valence-corrected chi connectivity index (χ0v) is 15.8. The molecule has 1 aliphatic rings. The normalized spacial score (nSPS) is 19.3. The van der Waals surface area contributed by atoms with E-state index in [1.165, 1.54) is 0 Å². The summed E-state index contributed by atoms with van der Waals surface area (Å²) < 4.78 is 38.1. The summed E-state index contributed by atoms with van der Waals surface area (Å²) in [6, 6.07) is 6.37. The molecular weight excluding hydrogens is 352 g/mol. The van der Waals surface area contributed by atoms with E-state index >= 15 is 0 Å². The van der Waals surface area contributed by atoms with E-state index in [9.17, 15) is 8.42 Å². The van der Waals surface area contributed by atoms with Gasteiger partial charge >= 0.3 is 0 Å². The second kappa shape index (κ2) is 10.2. The van der Waals surface area contributed by atoms with Crippen molar-refractivity contribution >= 4 is 22.4 Å². The Hall–Kier alpha value is -0.860. The summed E-state index contributed by atoms with van der Waals surface area (Å²) in [4.78, 5) is 0.257. The molecule has 0 amide bonds. The predicted octanol–water partition coefficient (Wildman–Crippen LogP) is 1.80. The van der Waals surface area contributed by atoms with Crippen LogP contribution >= 0.6 is 12.4 Å². The minimum Gasteiger partial charge on any atom is -0.491 e. The van der Waals surface area contributed by atoms with E-state index in [4.69, 9.17) is 9.47 Å². The van der Waals surface area contributed by atoms with Crippen LogP contribution in [0.5, 0.6) is 5.75 Å². The van der Waals surface area contributed by atoms with Crippen LogP contribution in [0.2, 0.25) is 0 Å². The molecule has 24 heavy (non-hydrogen) atoms. The van der Waals surface area contributed by atoms with E-state index < -0.39 is 10.0 Å². The van der Waals surface area contributed by atoms with Crippen molar-refractivity contribution in [1.29, 1.82) is 0 Å². The second-order valence-corrected chi connectivity index (χ2v) is 7.54. The third-order valence-corrected chi connectivity index (χ3v) is 5.65. The van der Waals surface area contributed by atoms with Gasteiger partial charge in [-0.25, -0.2) is 13.1 Å².